The number of nitrogens with zero attached hydrogens (tertiary/aromatic N) is 3. The van der Waals surface area contributed by atoms with Crippen LogP contribution in [0.1, 0.15) is 10.4 Å². The zero-order valence-corrected chi connectivity index (χ0v) is 9.58. The maximum Gasteiger partial charge on any atom is 0.337 e. The zero-order chi connectivity index (χ0) is 12.7. The molecule has 0 aliphatic heterocycles. The van der Waals surface area contributed by atoms with Gasteiger partial charge in [-0.05, 0) is 18.2 Å². The average Bonchev–Trinajstić information content (AvgIpc) is 2.92. The fourth-order valence-corrected chi connectivity index (χ4v) is 1.97. The van der Waals surface area contributed by atoms with Crippen LogP contribution in [0, 0.1) is 0 Å². The van der Waals surface area contributed by atoms with Gasteiger partial charge in [0.1, 0.15) is 5.69 Å². The van der Waals surface area contributed by atoms with Crippen molar-refractivity contribution in [2.45, 2.75) is 0 Å². The Balaban J connectivity index is 2.23. The number of aromatic carboxylic acids is 1. The first kappa shape index (κ1) is 10.5. The van der Waals surface area contributed by atoms with E-state index >= 15 is 0 Å². The molecule has 6 nitrogen and oxygen atoms in total. The third-order valence-corrected chi connectivity index (χ3v) is 2.83. The van der Waals surface area contributed by atoms with E-state index in [4.69, 9.17) is 5.11 Å². The topological polar surface area (TPSA) is 83.8 Å². The van der Waals surface area contributed by atoms with Crippen molar-refractivity contribution in [3.05, 3.63) is 36.2 Å². The summed E-state index contributed by atoms with van der Waals surface area (Å²) < 4.78 is 1.74. The predicted octanol–water partition coefficient (Wildman–Crippen LogP) is 1.66. The number of hydrogen-bond donors (Lipinski definition) is 2. The smallest absolute Gasteiger partial charge is 0.337 e. The minimum atomic E-state index is -0.949. The number of aryl methyl sites for hydroxylation is 1. The molecule has 0 saturated carbocycles. The lowest BCUT2D eigenvalue weighted by Gasteiger charge is -1.98. The van der Waals surface area contributed by atoms with Gasteiger partial charge in [0.15, 0.2) is 5.65 Å². The second-order valence-corrected chi connectivity index (χ2v) is 4.00. The van der Waals surface area contributed by atoms with E-state index in [1.807, 2.05) is 12.1 Å². The van der Waals surface area contributed by atoms with Gasteiger partial charge in [-0.1, -0.05) is 0 Å². The predicted molar refractivity (Wildman–Crippen MR) is 65.3 cm³/mol. The number of pyridine rings is 1. The summed E-state index contributed by atoms with van der Waals surface area (Å²) in [4.78, 5) is 15.1. The Bertz CT molecular complexity index is 741. The number of rotatable bonds is 2. The number of hydrogen-bond acceptors (Lipinski definition) is 3. The standard InChI is InChI=1S/C12H10N4O2/c1-16-6-7(12(17)18)5-9(16)10-8-3-2-4-13-11(8)15-14-10/h2-6H,1H3,(H,17,18)(H,13,14,15). The summed E-state index contributed by atoms with van der Waals surface area (Å²) in [6.45, 7) is 0. The van der Waals surface area contributed by atoms with Crippen molar-refractivity contribution >= 4 is 17.0 Å². The second kappa shape index (κ2) is 3.69. The monoisotopic (exact) mass is 242 g/mol. The normalized spacial score (nSPS) is 10.9. The van der Waals surface area contributed by atoms with E-state index in [0.717, 1.165) is 11.1 Å². The molecule has 90 valence electrons. The average molecular weight is 242 g/mol. The van der Waals surface area contributed by atoms with E-state index in [1.165, 1.54) is 0 Å². The molecule has 6 heteroatoms. The van der Waals surface area contributed by atoms with Crippen LogP contribution in [0.3, 0.4) is 0 Å². The maximum absolute atomic E-state index is 10.9. The van der Waals surface area contributed by atoms with Crippen LogP contribution in [0.2, 0.25) is 0 Å². The molecule has 2 N–H and O–H groups in total. The molecule has 0 bridgehead atoms. The van der Waals surface area contributed by atoms with Gasteiger partial charge in [0.05, 0.1) is 11.3 Å². The van der Waals surface area contributed by atoms with Gasteiger partial charge in [-0.2, -0.15) is 5.10 Å². The molecule has 0 saturated heterocycles. The summed E-state index contributed by atoms with van der Waals surface area (Å²) >= 11 is 0. The number of carboxylic acids is 1. The molecule has 0 amide bonds. The third kappa shape index (κ3) is 1.46. The van der Waals surface area contributed by atoms with Crippen LogP contribution in [-0.2, 0) is 7.05 Å². The van der Waals surface area contributed by atoms with Gasteiger partial charge in [-0.3, -0.25) is 5.10 Å². The van der Waals surface area contributed by atoms with Crippen molar-refractivity contribution in [1.82, 2.24) is 19.7 Å². The van der Waals surface area contributed by atoms with E-state index in [0.29, 0.717) is 11.3 Å². The van der Waals surface area contributed by atoms with Crippen LogP contribution < -0.4 is 0 Å². The Kier molecular flexibility index (Phi) is 2.16. The second-order valence-electron chi connectivity index (χ2n) is 4.00. The van der Waals surface area contributed by atoms with Crippen molar-refractivity contribution in [1.29, 1.82) is 0 Å². The number of aromatic nitrogens is 4. The van der Waals surface area contributed by atoms with Gasteiger partial charge in [0.2, 0.25) is 0 Å². The van der Waals surface area contributed by atoms with Gasteiger partial charge in [-0.25, -0.2) is 9.78 Å². The number of nitrogens with one attached hydrogen (secondary N) is 1. The molecule has 0 radical (unpaired) electrons. The number of carbonyl (C=O) groups is 1. The molecular formula is C12H10N4O2. The SMILES string of the molecule is Cn1cc(C(=O)O)cc1-c1n[nH]c2ncccc12. The van der Waals surface area contributed by atoms with Crippen molar-refractivity contribution in [3.8, 4) is 11.4 Å². The Hall–Kier alpha value is -2.63. The summed E-state index contributed by atoms with van der Waals surface area (Å²) in [5.74, 6) is -0.949. The molecule has 0 spiro atoms. The lowest BCUT2D eigenvalue weighted by molar-refractivity contribution is 0.0697. The van der Waals surface area contributed by atoms with Gasteiger partial charge in [0, 0.05) is 24.8 Å². The molecule has 0 unspecified atom stereocenters. The summed E-state index contributed by atoms with van der Waals surface area (Å²) in [5, 5.41) is 16.9. The molecular weight excluding hydrogens is 232 g/mol. The van der Waals surface area contributed by atoms with Gasteiger partial charge < -0.3 is 9.67 Å². The van der Waals surface area contributed by atoms with Crippen LogP contribution in [-0.4, -0.2) is 30.8 Å². The fourth-order valence-electron chi connectivity index (χ4n) is 1.97. The van der Waals surface area contributed by atoms with Crippen LogP contribution in [0.5, 0.6) is 0 Å². The minimum absolute atomic E-state index is 0.243. The van der Waals surface area contributed by atoms with E-state index in [1.54, 1.807) is 30.1 Å². The molecule has 3 heterocycles. The minimum Gasteiger partial charge on any atom is -0.478 e. The molecule has 0 fully saturated rings. The number of carboxylic acid groups (broad SMARTS) is 1. The van der Waals surface area contributed by atoms with Crippen LogP contribution >= 0.6 is 0 Å². The fraction of sp³-hybridized carbons (Fsp3) is 0.0833. The van der Waals surface area contributed by atoms with Gasteiger partial charge >= 0.3 is 5.97 Å². The largest absolute Gasteiger partial charge is 0.478 e. The van der Waals surface area contributed by atoms with Gasteiger partial charge in [0.25, 0.3) is 0 Å². The number of aromatic amines is 1. The Morgan fingerprint density at radius 1 is 1.50 bits per heavy atom. The molecule has 3 rings (SSSR count). The quantitative estimate of drug-likeness (QED) is 0.715. The van der Waals surface area contributed by atoms with Crippen molar-refractivity contribution in [2.24, 2.45) is 7.05 Å². The third-order valence-electron chi connectivity index (χ3n) is 2.83. The van der Waals surface area contributed by atoms with Crippen molar-refractivity contribution < 1.29 is 9.90 Å². The molecule has 3 aromatic heterocycles. The highest BCUT2D eigenvalue weighted by Gasteiger charge is 2.15. The molecule has 18 heavy (non-hydrogen) atoms. The first-order valence-corrected chi connectivity index (χ1v) is 5.36. The first-order chi connectivity index (χ1) is 8.66. The van der Waals surface area contributed by atoms with Gasteiger partial charge in [-0.15, -0.1) is 0 Å². The number of fused-ring (bicyclic) bond motifs is 1. The Labute approximate surface area is 102 Å². The zero-order valence-electron chi connectivity index (χ0n) is 9.58. The first-order valence-electron chi connectivity index (χ1n) is 5.36. The molecule has 0 aliphatic carbocycles. The van der Waals surface area contributed by atoms with Crippen molar-refractivity contribution in [2.75, 3.05) is 0 Å². The van der Waals surface area contributed by atoms with Crippen LogP contribution in [0.4, 0.5) is 0 Å². The highest BCUT2D eigenvalue weighted by molar-refractivity contribution is 5.93. The van der Waals surface area contributed by atoms with Crippen molar-refractivity contribution in [3.63, 3.8) is 0 Å². The van der Waals surface area contributed by atoms with E-state index in [2.05, 4.69) is 15.2 Å². The Morgan fingerprint density at radius 3 is 3.06 bits per heavy atom. The molecule has 0 aliphatic rings. The highest BCUT2D eigenvalue weighted by Crippen LogP contribution is 2.26. The van der Waals surface area contributed by atoms with E-state index in [9.17, 15) is 4.79 Å². The molecule has 3 aromatic rings. The van der Waals surface area contributed by atoms with E-state index < -0.39 is 5.97 Å². The lowest BCUT2D eigenvalue weighted by Crippen LogP contribution is -1.92. The highest BCUT2D eigenvalue weighted by atomic mass is 16.4. The summed E-state index contributed by atoms with van der Waals surface area (Å²) in [7, 11) is 1.79. The maximum atomic E-state index is 10.9. The molecule has 0 aromatic carbocycles. The lowest BCUT2D eigenvalue weighted by atomic mass is 10.2. The molecule has 0 atom stereocenters. The Morgan fingerprint density at radius 2 is 2.33 bits per heavy atom. The van der Waals surface area contributed by atoms with Crippen LogP contribution in [0.15, 0.2) is 30.6 Å². The number of H-pyrrole nitrogens is 1. The summed E-state index contributed by atoms with van der Waals surface area (Å²) in [6, 6.07) is 5.32. The summed E-state index contributed by atoms with van der Waals surface area (Å²) in [5.41, 5.74) is 2.37. The van der Waals surface area contributed by atoms with Crippen LogP contribution in [0.25, 0.3) is 22.4 Å². The summed E-state index contributed by atoms with van der Waals surface area (Å²) in [6.07, 6.45) is 3.24. The van der Waals surface area contributed by atoms with E-state index in [-0.39, 0.29) is 5.56 Å².